The average Bonchev–Trinajstić information content (AvgIpc) is 2.91. The van der Waals surface area contributed by atoms with Gasteiger partial charge in [0.1, 0.15) is 4.32 Å². The van der Waals surface area contributed by atoms with Crippen molar-refractivity contribution < 1.29 is 14.3 Å². The van der Waals surface area contributed by atoms with E-state index < -0.39 is 0 Å². The number of thioether (sulfide) groups is 1. The number of rotatable bonds is 5. The molecule has 1 N–H and O–H groups in total. The highest BCUT2D eigenvalue weighted by molar-refractivity contribution is 8.26. The first-order valence-corrected chi connectivity index (χ1v) is 8.35. The topological polar surface area (TPSA) is 62.4 Å². The summed E-state index contributed by atoms with van der Waals surface area (Å²) in [7, 11) is 0. The van der Waals surface area contributed by atoms with E-state index in [-0.39, 0.29) is 11.9 Å². The predicted octanol–water partition coefficient (Wildman–Crippen LogP) is 3.20. The Labute approximate surface area is 144 Å². The summed E-state index contributed by atoms with van der Waals surface area (Å²) in [4.78, 5) is 29.5. The van der Waals surface area contributed by atoms with Crippen LogP contribution in [0.15, 0.2) is 17.6 Å². The number of aromatic nitrogens is 1. The van der Waals surface area contributed by atoms with Gasteiger partial charge in [-0.2, -0.15) is 0 Å². The molecule has 0 aromatic carbocycles. The molecule has 1 aromatic rings. The molecule has 1 aromatic heterocycles. The molecular weight excluding hydrogens is 332 g/mol. The number of hydrogen-bond acceptors (Lipinski definition) is 5. The van der Waals surface area contributed by atoms with Crippen LogP contribution in [0.5, 0.6) is 0 Å². The van der Waals surface area contributed by atoms with E-state index in [0.717, 1.165) is 5.56 Å². The van der Waals surface area contributed by atoms with E-state index in [1.54, 1.807) is 26.0 Å². The van der Waals surface area contributed by atoms with E-state index >= 15 is 0 Å². The fraction of sp³-hybridized carbons (Fsp3) is 0.312. The quantitative estimate of drug-likeness (QED) is 0.382. The fourth-order valence-electron chi connectivity index (χ4n) is 2.35. The Bertz CT molecular complexity index is 719. The van der Waals surface area contributed by atoms with Gasteiger partial charge in [-0.05, 0) is 32.4 Å². The number of carbonyl (C=O) groups excluding carboxylic acids is 2. The predicted molar refractivity (Wildman–Crippen MR) is 96.3 cm³/mol. The average molecular weight is 350 g/mol. The molecule has 1 aliphatic heterocycles. The van der Waals surface area contributed by atoms with Gasteiger partial charge in [0.25, 0.3) is 5.91 Å². The van der Waals surface area contributed by atoms with Crippen molar-refractivity contribution in [3.8, 4) is 0 Å². The molecular formula is C16H18N2O3S2. The zero-order chi connectivity index (χ0) is 17.1. The Balaban J connectivity index is 2.36. The van der Waals surface area contributed by atoms with Crippen molar-refractivity contribution in [3.05, 3.63) is 40.1 Å². The minimum atomic E-state index is -0.363. The summed E-state index contributed by atoms with van der Waals surface area (Å²) in [5, 5.41) is 0. The highest BCUT2D eigenvalue weighted by Gasteiger charge is 2.31. The van der Waals surface area contributed by atoms with Crippen molar-refractivity contribution in [1.29, 1.82) is 0 Å². The van der Waals surface area contributed by atoms with Gasteiger partial charge in [-0.3, -0.25) is 9.69 Å². The molecule has 0 atom stereocenters. The Kier molecular flexibility index (Phi) is 5.43. The number of aryl methyl sites for hydroxylation is 1. The monoisotopic (exact) mass is 350 g/mol. The Morgan fingerprint density at radius 1 is 1.48 bits per heavy atom. The number of aromatic amines is 1. The molecule has 2 rings (SSSR count). The molecule has 5 nitrogen and oxygen atoms in total. The van der Waals surface area contributed by atoms with Gasteiger partial charge in [-0.15, -0.1) is 6.58 Å². The van der Waals surface area contributed by atoms with E-state index in [1.165, 1.54) is 16.7 Å². The third-order valence-electron chi connectivity index (χ3n) is 3.42. The number of nitrogens with one attached hydrogen (secondary N) is 1. The summed E-state index contributed by atoms with van der Waals surface area (Å²) in [5.41, 5.74) is 2.70. The lowest BCUT2D eigenvalue weighted by Gasteiger charge is -2.10. The zero-order valence-corrected chi connectivity index (χ0v) is 14.9. The molecule has 0 bridgehead atoms. The van der Waals surface area contributed by atoms with E-state index in [9.17, 15) is 9.59 Å². The Morgan fingerprint density at radius 2 is 2.17 bits per heavy atom. The molecule has 0 radical (unpaired) electrons. The second-order valence-electron chi connectivity index (χ2n) is 4.97. The maximum Gasteiger partial charge on any atom is 0.340 e. The summed E-state index contributed by atoms with van der Waals surface area (Å²) in [5.74, 6) is -0.512. The molecule has 2 heterocycles. The summed E-state index contributed by atoms with van der Waals surface area (Å²) in [6.45, 7) is 9.73. The van der Waals surface area contributed by atoms with Crippen LogP contribution in [0.3, 0.4) is 0 Å². The first-order chi connectivity index (χ1) is 10.9. The lowest BCUT2D eigenvalue weighted by Crippen LogP contribution is -2.27. The second kappa shape index (κ2) is 7.14. The molecule has 0 aliphatic carbocycles. The van der Waals surface area contributed by atoms with Gasteiger partial charge >= 0.3 is 5.97 Å². The molecule has 1 aliphatic rings. The first-order valence-electron chi connectivity index (χ1n) is 7.13. The second-order valence-corrected chi connectivity index (χ2v) is 6.64. The van der Waals surface area contributed by atoms with Crippen molar-refractivity contribution in [2.24, 2.45) is 0 Å². The third-order valence-corrected chi connectivity index (χ3v) is 4.79. The number of hydrogen-bond donors (Lipinski definition) is 1. The maximum absolute atomic E-state index is 12.3. The van der Waals surface area contributed by atoms with Crippen LogP contribution in [0.2, 0.25) is 0 Å². The molecule has 1 fully saturated rings. The fourth-order valence-corrected chi connectivity index (χ4v) is 3.60. The maximum atomic E-state index is 12.3. The highest BCUT2D eigenvalue weighted by Crippen LogP contribution is 2.33. The highest BCUT2D eigenvalue weighted by atomic mass is 32.2. The van der Waals surface area contributed by atoms with Crippen molar-refractivity contribution in [2.45, 2.75) is 20.8 Å². The Hall–Kier alpha value is -1.86. The summed E-state index contributed by atoms with van der Waals surface area (Å²) >= 11 is 6.46. The van der Waals surface area contributed by atoms with E-state index in [2.05, 4.69) is 11.6 Å². The van der Waals surface area contributed by atoms with Crippen LogP contribution < -0.4 is 0 Å². The Morgan fingerprint density at radius 3 is 2.78 bits per heavy atom. The van der Waals surface area contributed by atoms with Gasteiger partial charge in [0.05, 0.1) is 17.1 Å². The third kappa shape index (κ3) is 3.40. The van der Waals surface area contributed by atoms with Crippen molar-refractivity contribution in [3.63, 3.8) is 0 Å². The standard InChI is InChI=1S/C16H18N2O3S2/c1-5-7-18-14(19)12(23-16(18)22)8-11-9(3)13(10(4)17-11)15(20)21-6-2/h5,8,17H,1,6-7H2,2-4H3/b12-8-. The largest absolute Gasteiger partial charge is 0.462 e. The molecule has 0 spiro atoms. The molecule has 23 heavy (non-hydrogen) atoms. The molecule has 1 saturated heterocycles. The van der Waals surface area contributed by atoms with Crippen LogP contribution in [0, 0.1) is 13.8 Å². The van der Waals surface area contributed by atoms with Gasteiger partial charge < -0.3 is 9.72 Å². The number of H-pyrrole nitrogens is 1. The van der Waals surface area contributed by atoms with Crippen LogP contribution in [0.25, 0.3) is 6.08 Å². The minimum absolute atomic E-state index is 0.149. The van der Waals surface area contributed by atoms with Crippen molar-refractivity contribution in [2.75, 3.05) is 13.2 Å². The summed E-state index contributed by atoms with van der Waals surface area (Å²) in [6, 6.07) is 0. The number of esters is 1. The SMILES string of the molecule is C=CCN1C(=O)/C(=C/c2[nH]c(C)c(C(=O)OCC)c2C)SC1=S. The molecule has 122 valence electrons. The molecule has 0 unspecified atom stereocenters. The van der Waals surface area contributed by atoms with Crippen molar-refractivity contribution in [1.82, 2.24) is 9.88 Å². The number of amides is 1. The van der Waals surface area contributed by atoms with Crippen LogP contribution in [0.1, 0.15) is 34.2 Å². The number of thiocarbonyl (C=S) groups is 1. The summed E-state index contributed by atoms with van der Waals surface area (Å²) in [6.07, 6.45) is 3.37. The molecule has 7 heteroatoms. The van der Waals surface area contributed by atoms with Gasteiger partial charge in [0.15, 0.2) is 0 Å². The molecule has 0 saturated carbocycles. The van der Waals surface area contributed by atoms with Crippen molar-refractivity contribution >= 4 is 46.3 Å². The van der Waals surface area contributed by atoms with Crippen LogP contribution in [0.4, 0.5) is 0 Å². The lowest BCUT2D eigenvalue weighted by molar-refractivity contribution is -0.121. The number of ether oxygens (including phenoxy) is 1. The number of carbonyl (C=O) groups is 2. The lowest BCUT2D eigenvalue weighted by atomic mass is 10.1. The van der Waals surface area contributed by atoms with Crippen LogP contribution in [-0.2, 0) is 9.53 Å². The number of nitrogens with zero attached hydrogens (tertiary/aromatic N) is 1. The van der Waals surface area contributed by atoms with E-state index in [1.807, 2.05) is 6.92 Å². The van der Waals surface area contributed by atoms with Gasteiger partial charge in [0.2, 0.25) is 0 Å². The first kappa shape index (κ1) is 17.5. The minimum Gasteiger partial charge on any atom is -0.462 e. The molecule has 1 amide bonds. The smallest absolute Gasteiger partial charge is 0.340 e. The zero-order valence-electron chi connectivity index (χ0n) is 13.3. The van der Waals surface area contributed by atoms with E-state index in [0.29, 0.717) is 39.3 Å². The van der Waals surface area contributed by atoms with E-state index in [4.69, 9.17) is 17.0 Å². The van der Waals surface area contributed by atoms with Crippen LogP contribution >= 0.6 is 24.0 Å². The normalized spacial score (nSPS) is 16.3. The van der Waals surface area contributed by atoms with Crippen LogP contribution in [-0.4, -0.2) is 39.2 Å². The van der Waals surface area contributed by atoms with Gasteiger partial charge in [-0.25, -0.2) is 4.79 Å². The summed E-state index contributed by atoms with van der Waals surface area (Å²) < 4.78 is 5.58. The van der Waals surface area contributed by atoms with Gasteiger partial charge in [0, 0.05) is 17.9 Å². The van der Waals surface area contributed by atoms with Gasteiger partial charge in [-0.1, -0.05) is 30.1 Å².